The normalized spacial score (nSPS) is 15.9. The maximum atomic E-state index is 12.8. The van der Waals surface area contributed by atoms with E-state index in [1.807, 2.05) is 31.2 Å². The number of benzene rings is 2. The molecule has 1 aromatic heterocycles. The molecule has 1 aliphatic heterocycles. The fraction of sp³-hybridized carbons (Fsp3) is 0.222. The summed E-state index contributed by atoms with van der Waals surface area (Å²) in [6.45, 7) is 1.81. The molecule has 0 fully saturated rings. The van der Waals surface area contributed by atoms with Gasteiger partial charge < -0.3 is 4.90 Å². The molecule has 0 N–H and O–H groups in total. The Morgan fingerprint density at radius 3 is 2.58 bits per heavy atom. The van der Waals surface area contributed by atoms with Crippen molar-refractivity contribution in [3.05, 3.63) is 69.6 Å². The van der Waals surface area contributed by atoms with Gasteiger partial charge in [0.1, 0.15) is 6.54 Å². The molecule has 7 nitrogen and oxygen atoms in total. The average Bonchev–Trinajstić information content (AvgIpc) is 3.15. The van der Waals surface area contributed by atoms with E-state index >= 15 is 0 Å². The molecular formula is C18H16ClN5O2. The number of amides is 1. The molecular weight excluding hydrogens is 354 g/mol. The highest BCUT2D eigenvalue weighted by Crippen LogP contribution is 2.31. The van der Waals surface area contributed by atoms with E-state index in [9.17, 15) is 9.59 Å². The molecule has 1 aliphatic rings. The molecule has 0 saturated carbocycles. The monoisotopic (exact) mass is 369 g/mol. The van der Waals surface area contributed by atoms with Crippen molar-refractivity contribution in [1.82, 2.24) is 19.8 Å². The molecule has 2 heterocycles. The number of fused-ring (bicyclic) bond motifs is 1. The molecule has 0 aliphatic carbocycles. The van der Waals surface area contributed by atoms with Gasteiger partial charge in [0.05, 0.1) is 10.7 Å². The van der Waals surface area contributed by atoms with Gasteiger partial charge in [0.15, 0.2) is 0 Å². The van der Waals surface area contributed by atoms with Crippen LogP contribution >= 0.6 is 11.6 Å². The topological polar surface area (TPSA) is 73.0 Å². The quantitative estimate of drug-likeness (QED) is 0.708. The summed E-state index contributed by atoms with van der Waals surface area (Å²) >= 11 is 6.11. The number of tetrazole rings is 1. The van der Waals surface area contributed by atoms with E-state index < -0.39 is 5.69 Å². The lowest BCUT2D eigenvalue weighted by atomic mass is 10.1. The minimum Gasteiger partial charge on any atom is -0.307 e. The van der Waals surface area contributed by atoms with E-state index in [0.717, 1.165) is 27.0 Å². The fourth-order valence-electron chi connectivity index (χ4n) is 3.30. The largest absolute Gasteiger partial charge is 0.369 e. The van der Waals surface area contributed by atoms with Gasteiger partial charge in [0, 0.05) is 11.7 Å². The number of para-hydroxylation sites is 2. The summed E-state index contributed by atoms with van der Waals surface area (Å²) < 4.78 is 2.15. The van der Waals surface area contributed by atoms with Crippen molar-refractivity contribution in [2.45, 2.75) is 25.9 Å². The number of nitrogens with zero attached hydrogens (tertiary/aromatic N) is 5. The van der Waals surface area contributed by atoms with Gasteiger partial charge in [-0.05, 0) is 47.5 Å². The fourth-order valence-corrected chi connectivity index (χ4v) is 3.51. The van der Waals surface area contributed by atoms with Gasteiger partial charge in [0.2, 0.25) is 5.91 Å². The molecule has 4 rings (SSSR count). The van der Waals surface area contributed by atoms with E-state index in [-0.39, 0.29) is 18.5 Å². The van der Waals surface area contributed by atoms with Gasteiger partial charge in [-0.2, -0.15) is 9.36 Å². The van der Waals surface area contributed by atoms with Gasteiger partial charge in [-0.15, -0.1) is 0 Å². The smallest absolute Gasteiger partial charge is 0.307 e. The molecule has 8 heteroatoms. The van der Waals surface area contributed by atoms with Crippen LogP contribution in [0.2, 0.25) is 5.02 Å². The van der Waals surface area contributed by atoms with E-state index in [1.54, 1.807) is 29.2 Å². The summed E-state index contributed by atoms with van der Waals surface area (Å²) in [4.78, 5) is 27.1. The summed E-state index contributed by atoms with van der Waals surface area (Å²) in [6, 6.07) is 14.7. The zero-order chi connectivity index (χ0) is 18.3. The van der Waals surface area contributed by atoms with Crippen molar-refractivity contribution < 1.29 is 4.79 Å². The highest BCUT2D eigenvalue weighted by atomic mass is 35.5. The summed E-state index contributed by atoms with van der Waals surface area (Å²) in [5.41, 5.74) is 1.93. The van der Waals surface area contributed by atoms with Crippen molar-refractivity contribution in [1.29, 1.82) is 0 Å². The van der Waals surface area contributed by atoms with Crippen LogP contribution in [0.4, 0.5) is 5.69 Å². The summed E-state index contributed by atoms with van der Waals surface area (Å²) in [7, 11) is 0. The van der Waals surface area contributed by atoms with Gasteiger partial charge in [-0.3, -0.25) is 4.79 Å². The first kappa shape index (κ1) is 16.5. The lowest BCUT2D eigenvalue weighted by Gasteiger charge is -2.22. The molecule has 132 valence electrons. The van der Waals surface area contributed by atoms with Crippen molar-refractivity contribution in [2.24, 2.45) is 0 Å². The summed E-state index contributed by atoms with van der Waals surface area (Å²) in [5.74, 6) is -0.198. The maximum Gasteiger partial charge on any atom is 0.369 e. The number of hydrogen-bond acceptors (Lipinski definition) is 4. The highest BCUT2D eigenvalue weighted by molar-refractivity contribution is 6.32. The second-order valence-corrected chi connectivity index (χ2v) is 6.64. The molecule has 2 aromatic carbocycles. The number of halogens is 1. The minimum atomic E-state index is -0.508. The number of carbonyl (C=O) groups excluding carboxylic acids is 1. The molecule has 3 aromatic rings. The van der Waals surface area contributed by atoms with Crippen LogP contribution in [0.15, 0.2) is 53.3 Å². The Balaban J connectivity index is 1.62. The van der Waals surface area contributed by atoms with Gasteiger partial charge in [-0.1, -0.05) is 41.9 Å². The van der Waals surface area contributed by atoms with E-state index in [2.05, 4.69) is 10.4 Å². The van der Waals surface area contributed by atoms with Gasteiger partial charge in [0.25, 0.3) is 0 Å². The number of rotatable bonds is 3. The first-order valence-corrected chi connectivity index (χ1v) is 8.62. The Morgan fingerprint density at radius 2 is 1.81 bits per heavy atom. The second-order valence-electron chi connectivity index (χ2n) is 6.23. The van der Waals surface area contributed by atoms with E-state index in [1.165, 1.54) is 0 Å². The molecule has 1 atom stereocenters. The van der Waals surface area contributed by atoms with Crippen molar-refractivity contribution in [3.63, 3.8) is 0 Å². The van der Waals surface area contributed by atoms with Crippen LogP contribution < -0.4 is 10.6 Å². The highest BCUT2D eigenvalue weighted by Gasteiger charge is 2.31. The van der Waals surface area contributed by atoms with Gasteiger partial charge in [-0.25, -0.2) is 4.79 Å². The molecule has 0 spiro atoms. The van der Waals surface area contributed by atoms with Crippen LogP contribution in [0.25, 0.3) is 5.69 Å². The first-order chi connectivity index (χ1) is 12.6. The van der Waals surface area contributed by atoms with Crippen molar-refractivity contribution >= 4 is 23.2 Å². The third-order valence-corrected chi connectivity index (χ3v) is 4.80. The van der Waals surface area contributed by atoms with Crippen LogP contribution in [0.1, 0.15) is 12.5 Å². The molecule has 0 saturated heterocycles. The molecule has 0 radical (unpaired) electrons. The minimum absolute atomic E-state index is 0.0363. The second kappa shape index (κ2) is 6.42. The Hall–Kier alpha value is -2.93. The predicted octanol–water partition coefficient (Wildman–Crippen LogP) is 2.06. The number of aromatic nitrogens is 4. The lowest BCUT2D eigenvalue weighted by molar-refractivity contribution is -0.119. The Morgan fingerprint density at radius 1 is 1.12 bits per heavy atom. The molecule has 1 amide bonds. The van der Waals surface area contributed by atoms with Crippen LogP contribution in [-0.4, -0.2) is 31.7 Å². The molecule has 0 bridgehead atoms. The third kappa shape index (κ3) is 2.70. The summed E-state index contributed by atoms with van der Waals surface area (Å²) in [5, 5.41) is 8.07. The zero-order valence-electron chi connectivity index (χ0n) is 14.0. The SMILES string of the molecule is CC1Cc2ccccc2N1C(=O)Cn1nnn(-c2ccccc2Cl)c1=O. The van der Waals surface area contributed by atoms with Crippen LogP contribution in [0.3, 0.4) is 0 Å². The predicted molar refractivity (Wildman–Crippen MR) is 97.7 cm³/mol. The van der Waals surface area contributed by atoms with Gasteiger partial charge >= 0.3 is 5.69 Å². The number of hydrogen-bond donors (Lipinski definition) is 0. The van der Waals surface area contributed by atoms with Crippen LogP contribution in [-0.2, 0) is 17.8 Å². The molecule has 1 unspecified atom stereocenters. The number of carbonyl (C=O) groups is 1. The average molecular weight is 370 g/mol. The van der Waals surface area contributed by atoms with Crippen LogP contribution in [0, 0.1) is 0 Å². The standard InChI is InChI=1S/C18H16ClN5O2/c1-12-10-13-6-2-4-8-15(13)23(12)17(25)11-22-18(26)24(21-20-22)16-9-5-3-7-14(16)19/h2-9,12H,10-11H2,1H3. The maximum absolute atomic E-state index is 12.8. The number of anilines is 1. The van der Waals surface area contributed by atoms with E-state index in [0.29, 0.717) is 10.7 Å². The lowest BCUT2D eigenvalue weighted by Crippen LogP contribution is -2.40. The van der Waals surface area contributed by atoms with Crippen molar-refractivity contribution in [2.75, 3.05) is 4.90 Å². The summed E-state index contributed by atoms with van der Waals surface area (Å²) in [6.07, 6.45) is 0.795. The van der Waals surface area contributed by atoms with Crippen molar-refractivity contribution in [3.8, 4) is 5.69 Å². The first-order valence-electron chi connectivity index (χ1n) is 8.24. The van der Waals surface area contributed by atoms with E-state index in [4.69, 9.17) is 11.6 Å². The molecule has 26 heavy (non-hydrogen) atoms. The Bertz CT molecular complexity index is 1040. The van der Waals surface area contributed by atoms with Crippen LogP contribution in [0.5, 0.6) is 0 Å². The Kier molecular flexibility index (Phi) is 4.08. The third-order valence-electron chi connectivity index (χ3n) is 4.48. The zero-order valence-corrected chi connectivity index (χ0v) is 14.8. The Labute approximate surface area is 154 Å².